The molecule has 0 aliphatic heterocycles. The van der Waals surface area contributed by atoms with Crippen LogP contribution in [0.4, 0.5) is 0 Å². The minimum absolute atomic E-state index is 0.638. The molecule has 1 aromatic heterocycles. The van der Waals surface area contributed by atoms with Crippen molar-refractivity contribution in [3.63, 3.8) is 0 Å². The molecular weight excluding hydrogens is 206 g/mol. The SMILES string of the molecule is CCC(C)c1cc(C)n(-c2ccccc2)c1C. The summed E-state index contributed by atoms with van der Waals surface area (Å²) in [6.45, 7) is 8.96. The lowest BCUT2D eigenvalue weighted by atomic mass is 9.99. The van der Waals surface area contributed by atoms with E-state index in [1.54, 1.807) is 0 Å². The molecule has 90 valence electrons. The highest BCUT2D eigenvalue weighted by Crippen LogP contribution is 2.28. The lowest BCUT2D eigenvalue weighted by molar-refractivity contribution is 0.725. The third-order valence-corrected chi connectivity index (χ3v) is 3.63. The molecule has 0 fully saturated rings. The van der Waals surface area contributed by atoms with Crippen molar-refractivity contribution in [2.45, 2.75) is 40.0 Å². The van der Waals surface area contributed by atoms with E-state index in [9.17, 15) is 0 Å². The van der Waals surface area contributed by atoms with E-state index in [1.807, 2.05) is 0 Å². The molecule has 0 spiro atoms. The Morgan fingerprint density at radius 1 is 1.12 bits per heavy atom. The fourth-order valence-corrected chi connectivity index (χ4v) is 2.48. The van der Waals surface area contributed by atoms with Gasteiger partial charge in [0.05, 0.1) is 0 Å². The molecule has 0 bridgehead atoms. The minimum atomic E-state index is 0.638. The Morgan fingerprint density at radius 2 is 1.76 bits per heavy atom. The molecule has 1 atom stereocenters. The first-order chi connectivity index (χ1) is 8.15. The van der Waals surface area contributed by atoms with E-state index in [2.05, 4.69) is 68.7 Å². The van der Waals surface area contributed by atoms with Gasteiger partial charge in [-0.1, -0.05) is 32.0 Å². The van der Waals surface area contributed by atoms with Crippen molar-refractivity contribution in [2.75, 3.05) is 0 Å². The lowest BCUT2D eigenvalue weighted by Gasteiger charge is -2.12. The third-order valence-electron chi connectivity index (χ3n) is 3.63. The Morgan fingerprint density at radius 3 is 2.35 bits per heavy atom. The second-order valence-electron chi connectivity index (χ2n) is 4.81. The van der Waals surface area contributed by atoms with Crippen LogP contribution in [-0.2, 0) is 0 Å². The number of benzene rings is 1. The van der Waals surface area contributed by atoms with E-state index >= 15 is 0 Å². The highest BCUT2D eigenvalue weighted by Gasteiger charge is 2.14. The van der Waals surface area contributed by atoms with Crippen LogP contribution in [0.5, 0.6) is 0 Å². The molecule has 1 unspecified atom stereocenters. The van der Waals surface area contributed by atoms with E-state index in [-0.39, 0.29) is 0 Å². The highest BCUT2D eigenvalue weighted by molar-refractivity contribution is 5.41. The summed E-state index contributed by atoms with van der Waals surface area (Å²) < 4.78 is 2.35. The van der Waals surface area contributed by atoms with Gasteiger partial charge in [-0.25, -0.2) is 0 Å². The van der Waals surface area contributed by atoms with Crippen LogP contribution in [0.15, 0.2) is 36.4 Å². The Balaban J connectivity index is 2.53. The molecule has 0 saturated heterocycles. The largest absolute Gasteiger partial charge is 0.318 e. The van der Waals surface area contributed by atoms with Crippen molar-refractivity contribution in [1.82, 2.24) is 4.57 Å². The summed E-state index contributed by atoms with van der Waals surface area (Å²) >= 11 is 0. The second-order valence-corrected chi connectivity index (χ2v) is 4.81. The molecule has 0 amide bonds. The van der Waals surface area contributed by atoms with Crippen molar-refractivity contribution in [3.05, 3.63) is 53.3 Å². The summed E-state index contributed by atoms with van der Waals surface area (Å²) in [5, 5.41) is 0. The predicted molar refractivity (Wildman–Crippen MR) is 73.9 cm³/mol. The Hall–Kier alpha value is -1.50. The fourth-order valence-electron chi connectivity index (χ4n) is 2.48. The van der Waals surface area contributed by atoms with E-state index in [0.29, 0.717) is 5.92 Å². The molecule has 1 heteroatoms. The molecule has 0 radical (unpaired) electrons. The number of aryl methyl sites for hydroxylation is 1. The van der Waals surface area contributed by atoms with Crippen LogP contribution in [0, 0.1) is 13.8 Å². The Kier molecular flexibility index (Phi) is 3.37. The molecule has 2 rings (SSSR count). The summed E-state index contributed by atoms with van der Waals surface area (Å²) in [6.07, 6.45) is 1.19. The smallest absolute Gasteiger partial charge is 0.0455 e. The standard InChI is InChI=1S/C16H21N/c1-5-12(2)16-11-13(3)17(14(16)4)15-9-7-6-8-10-15/h6-12H,5H2,1-4H3. The van der Waals surface area contributed by atoms with E-state index < -0.39 is 0 Å². The predicted octanol–water partition coefficient (Wildman–Crippen LogP) is 4.61. The first-order valence-electron chi connectivity index (χ1n) is 6.39. The van der Waals surface area contributed by atoms with Gasteiger partial charge in [0.15, 0.2) is 0 Å². The zero-order chi connectivity index (χ0) is 12.4. The molecule has 0 aliphatic carbocycles. The Labute approximate surface area is 104 Å². The molecule has 0 N–H and O–H groups in total. The van der Waals surface area contributed by atoms with Crippen molar-refractivity contribution >= 4 is 0 Å². The van der Waals surface area contributed by atoms with Crippen molar-refractivity contribution < 1.29 is 0 Å². The molecule has 1 aromatic carbocycles. The first-order valence-corrected chi connectivity index (χ1v) is 6.39. The monoisotopic (exact) mass is 227 g/mol. The van der Waals surface area contributed by atoms with Crippen molar-refractivity contribution in [1.29, 1.82) is 0 Å². The number of aromatic nitrogens is 1. The summed E-state index contributed by atoms with van der Waals surface area (Å²) in [5.41, 5.74) is 5.44. The summed E-state index contributed by atoms with van der Waals surface area (Å²) in [6, 6.07) is 12.9. The van der Waals surface area contributed by atoms with Gasteiger partial charge in [-0.3, -0.25) is 0 Å². The van der Waals surface area contributed by atoms with Crippen molar-refractivity contribution in [2.24, 2.45) is 0 Å². The van der Waals surface area contributed by atoms with Crippen LogP contribution in [0.25, 0.3) is 5.69 Å². The number of nitrogens with zero attached hydrogens (tertiary/aromatic N) is 1. The maximum Gasteiger partial charge on any atom is 0.0455 e. The zero-order valence-corrected chi connectivity index (χ0v) is 11.2. The first kappa shape index (κ1) is 12.0. The van der Waals surface area contributed by atoms with Crippen LogP contribution in [-0.4, -0.2) is 4.57 Å². The van der Waals surface area contributed by atoms with Crippen LogP contribution in [0.1, 0.15) is 43.1 Å². The van der Waals surface area contributed by atoms with E-state index in [4.69, 9.17) is 0 Å². The summed E-state index contributed by atoms with van der Waals surface area (Å²) in [4.78, 5) is 0. The van der Waals surface area contributed by atoms with Gasteiger partial charge in [0.25, 0.3) is 0 Å². The average Bonchev–Trinajstić information content (AvgIpc) is 2.65. The third kappa shape index (κ3) is 2.14. The average molecular weight is 227 g/mol. The van der Waals surface area contributed by atoms with Crippen LogP contribution < -0.4 is 0 Å². The second kappa shape index (κ2) is 4.79. The van der Waals surface area contributed by atoms with Gasteiger partial charge in [-0.2, -0.15) is 0 Å². The lowest BCUT2D eigenvalue weighted by Crippen LogP contribution is -2.00. The van der Waals surface area contributed by atoms with Crippen LogP contribution >= 0.6 is 0 Å². The zero-order valence-electron chi connectivity index (χ0n) is 11.2. The van der Waals surface area contributed by atoms with E-state index in [0.717, 1.165) is 0 Å². The maximum absolute atomic E-state index is 2.35. The molecule has 1 heterocycles. The molecule has 0 aliphatic rings. The number of hydrogen-bond acceptors (Lipinski definition) is 0. The topological polar surface area (TPSA) is 4.93 Å². The van der Waals surface area contributed by atoms with Gasteiger partial charge < -0.3 is 4.57 Å². The maximum atomic E-state index is 2.35. The summed E-state index contributed by atoms with van der Waals surface area (Å²) in [7, 11) is 0. The number of para-hydroxylation sites is 1. The molecule has 1 nitrogen and oxygen atoms in total. The normalized spacial score (nSPS) is 12.7. The highest BCUT2D eigenvalue weighted by atomic mass is 15.0. The molecular formula is C16H21N. The fraction of sp³-hybridized carbons (Fsp3) is 0.375. The Bertz CT molecular complexity index is 494. The quantitative estimate of drug-likeness (QED) is 0.721. The molecule has 17 heavy (non-hydrogen) atoms. The minimum Gasteiger partial charge on any atom is -0.318 e. The van der Waals surface area contributed by atoms with E-state index in [1.165, 1.54) is 29.1 Å². The molecule has 0 saturated carbocycles. The van der Waals surface area contributed by atoms with Gasteiger partial charge in [0.1, 0.15) is 0 Å². The number of rotatable bonds is 3. The van der Waals surface area contributed by atoms with Gasteiger partial charge in [0, 0.05) is 17.1 Å². The number of hydrogen-bond donors (Lipinski definition) is 0. The van der Waals surface area contributed by atoms with Gasteiger partial charge in [-0.05, 0) is 49.9 Å². The summed E-state index contributed by atoms with van der Waals surface area (Å²) in [5.74, 6) is 0.638. The van der Waals surface area contributed by atoms with Crippen LogP contribution in [0.3, 0.4) is 0 Å². The van der Waals surface area contributed by atoms with Crippen molar-refractivity contribution in [3.8, 4) is 5.69 Å². The van der Waals surface area contributed by atoms with Gasteiger partial charge in [-0.15, -0.1) is 0 Å². The van der Waals surface area contributed by atoms with Gasteiger partial charge in [0.2, 0.25) is 0 Å². The van der Waals surface area contributed by atoms with Gasteiger partial charge >= 0.3 is 0 Å². The van der Waals surface area contributed by atoms with Crippen LogP contribution in [0.2, 0.25) is 0 Å². The molecule has 2 aromatic rings.